The lowest BCUT2D eigenvalue weighted by molar-refractivity contribution is -0.0512. The molecule has 1 heterocycles. The van der Waals surface area contributed by atoms with Gasteiger partial charge in [0, 0.05) is 39.3 Å². The Morgan fingerprint density at radius 2 is 1.13 bits per heavy atom. The van der Waals surface area contributed by atoms with Crippen LogP contribution in [0.3, 0.4) is 0 Å². The maximum Gasteiger partial charge on any atom is 0.387 e. The fourth-order valence-electron chi connectivity index (χ4n) is 3.60. The molecular formula is C22H28F2N2O4. The molecule has 2 aromatic rings. The average Bonchev–Trinajstić information content (AvgIpc) is 2.75. The Morgan fingerprint density at radius 3 is 1.57 bits per heavy atom. The molecular weight excluding hydrogens is 394 g/mol. The molecule has 1 aliphatic rings. The second kappa shape index (κ2) is 10.4. The van der Waals surface area contributed by atoms with Crippen molar-refractivity contribution in [1.82, 2.24) is 9.80 Å². The number of piperazine rings is 1. The van der Waals surface area contributed by atoms with Crippen LogP contribution in [-0.2, 0) is 13.1 Å². The lowest BCUT2D eigenvalue weighted by Gasteiger charge is -2.34. The minimum absolute atomic E-state index is 0.0518. The minimum Gasteiger partial charge on any atom is -0.493 e. The van der Waals surface area contributed by atoms with Crippen LogP contribution in [0.2, 0.25) is 0 Å². The Balaban J connectivity index is 1.53. The van der Waals surface area contributed by atoms with Gasteiger partial charge in [-0.3, -0.25) is 9.80 Å². The molecule has 3 rings (SSSR count). The highest BCUT2D eigenvalue weighted by Gasteiger charge is 2.19. The summed E-state index contributed by atoms with van der Waals surface area (Å²) in [5.41, 5.74) is 2.18. The first-order valence-corrected chi connectivity index (χ1v) is 9.79. The van der Waals surface area contributed by atoms with Crippen LogP contribution >= 0.6 is 0 Å². The zero-order valence-electron chi connectivity index (χ0n) is 17.6. The first-order valence-electron chi connectivity index (χ1n) is 9.79. The van der Waals surface area contributed by atoms with E-state index in [1.807, 2.05) is 12.1 Å². The topological polar surface area (TPSA) is 43.4 Å². The van der Waals surface area contributed by atoms with Crippen molar-refractivity contribution >= 4 is 0 Å². The summed E-state index contributed by atoms with van der Waals surface area (Å²) in [7, 11) is 4.72. The number of alkyl halides is 2. The summed E-state index contributed by atoms with van der Waals surface area (Å²) >= 11 is 0. The van der Waals surface area contributed by atoms with Crippen LogP contribution < -0.4 is 18.9 Å². The van der Waals surface area contributed by atoms with Gasteiger partial charge >= 0.3 is 6.61 Å². The molecule has 0 radical (unpaired) electrons. The average molecular weight is 422 g/mol. The van der Waals surface area contributed by atoms with E-state index in [0.29, 0.717) is 5.75 Å². The van der Waals surface area contributed by atoms with Gasteiger partial charge in [-0.05, 0) is 35.4 Å². The fraction of sp³-hybridized carbons (Fsp3) is 0.455. The van der Waals surface area contributed by atoms with E-state index in [1.54, 1.807) is 26.4 Å². The fourth-order valence-corrected chi connectivity index (χ4v) is 3.60. The number of methoxy groups -OCH3 is 3. The minimum atomic E-state index is -2.87. The first-order chi connectivity index (χ1) is 14.5. The van der Waals surface area contributed by atoms with Crippen molar-refractivity contribution in [1.29, 1.82) is 0 Å². The Labute approximate surface area is 175 Å². The summed E-state index contributed by atoms with van der Waals surface area (Å²) in [6, 6.07) is 11.1. The van der Waals surface area contributed by atoms with Crippen molar-refractivity contribution in [3.63, 3.8) is 0 Å². The molecule has 8 heteroatoms. The SMILES string of the molecule is COc1ccc(CN2CCN(Cc3ccc(OC(F)F)c(OC)c3)CC2)cc1OC. The third-order valence-electron chi connectivity index (χ3n) is 5.17. The number of halogens is 2. The van der Waals surface area contributed by atoms with Crippen molar-refractivity contribution in [3.8, 4) is 23.0 Å². The highest BCUT2D eigenvalue weighted by molar-refractivity contribution is 5.43. The van der Waals surface area contributed by atoms with Gasteiger partial charge in [0.2, 0.25) is 0 Å². The van der Waals surface area contributed by atoms with Gasteiger partial charge in [-0.1, -0.05) is 12.1 Å². The molecule has 1 saturated heterocycles. The summed E-state index contributed by atoms with van der Waals surface area (Å²) in [6.45, 7) is 2.44. The van der Waals surface area contributed by atoms with E-state index in [1.165, 1.54) is 18.7 Å². The van der Waals surface area contributed by atoms with E-state index in [-0.39, 0.29) is 5.75 Å². The smallest absolute Gasteiger partial charge is 0.387 e. The normalized spacial score (nSPS) is 15.3. The zero-order chi connectivity index (χ0) is 21.5. The Morgan fingerprint density at radius 1 is 0.700 bits per heavy atom. The van der Waals surface area contributed by atoms with Gasteiger partial charge in [-0.15, -0.1) is 0 Å². The van der Waals surface area contributed by atoms with Crippen LogP contribution in [-0.4, -0.2) is 63.9 Å². The largest absolute Gasteiger partial charge is 0.493 e. The number of hydrogen-bond donors (Lipinski definition) is 0. The molecule has 0 saturated carbocycles. The van der Waals surface area contributed by atoms with E-state index in [0.717, 1.165) is 56.3 Å². The maximum atomic E-state index is 12.5. The summed E-state index contributed by atoms with van der Waals surface area (Å²) in [5, 5.41) is 0. The molecule has 164 valence electrons. The number of benzene rings is 2. The predicted molar refractivity (Wildman–Crippen MR) is 110 cm³/mol. The molecule has 1 aliphatic heterocycles. The molecule has 6 nitrogen and oxygen atoms in total. The molecule has 0 atom stereocenters. The van der Waals surface area contributed by atoms with Crippen LogP contribution in [0.15, 0.2) is 36.4 Å². The molecule has 2 aromatic carbocycles. The Hall–Kier alpha value is -2.58. The number of ether oxygens (including phenoxy) is 4. The lowest BCUT2D eigenvalue weighted by atomic mass is 10.1. The summed E-state index contributed by atoms with van der Waals surface area (Å²) in [6.07, 6.45) is 0. The molecule has 0 spiro atoms. The predicted octanol–water partition coefficient (Wildman–Crippen LogP) is 3.63. The quantitative estimate of drug-likeness (QED) is 0.615. The van der Waals surface area contributed by atoms with Gasteiger partial charge in [-0.25, -0.2) is 0 Å². The van der Waals surface area contributed by atoms with Gasteiger partial charge in [0.25, 0.3) is 0 Å². The summed E-state index contributed by atoms with van der Waals surface area (Å²) < 4.78 is 45.3. The molecule has 0 aliphatic carbocycles. The number of nitrogens with zero attached hydrogens (tertiary/aromatic N) is 2. The standard InChI is InChI=1S/C22H28F2N2O4/c1-27-18-6-4-16(12-20(18)28-2)14-25-8-10-26(11-9-25)15-17-5-7-19(30-22(23)24)21(13-17)29-3/h4-7,12-13,22H,8-11,14-15H2,1-3H3. The van der Waals surface area contributed by atoms with Gasteiger partial charge in [-0.2, -0.15) is 8.78 Å². The number of hydrogen-bond acceptors (Lipinski definition) is 6. The van der Waals surface area contributed by atoms with Crippen molar-refractivity contribution in [2.75, 3.05) is 47.5 Å². The molecule has 30 heavy (non-hydrogen) atoms. The van der Waals surface area contributed by atoms with E-state index < -0.39 is 6.61 Å². The van der Waals surface area contributed by atoms with Crippen LogP contribution in [0.1, 0.15) is 11.1 Å². The molecule has 0 bridgehead atoms. The maximum absolute atomic E-state index is 12.5. The molecule has 0 amide bonds. The van der Waals surface area contributed by atoms with Gasteiger partial charge in [0.05, 0.1) is 21.3 Å². The lowest BCUT2D eigenvalue weighted by Crippen LogP contribution is -2.45. The van der Waals surface area contributed by atoms with Crippen LogP contribution in [0, 0.1) is 0 Å². The third-order valence-corrected chi connectivity index (χ3v) is 5.17. The number of rotatable bonds is 9. The summed E-state index contributed by atoms with van der Waals surface area (Å²) in [4.78, 5) is 4.74. The van der Waals surface area contributed by atoms with Crippen LogP contribution in [0.25, 0.3) is 0 Å². The molecule has 0 aromatic heterocycles. The molecule has 0 unspecified atom stereocenters. The van der Waals surface area contributed by atoms with E-state index in [2.05, 4.69) is 20.6 Å². The highest BCUT2D eigenvalue weighted by atomic mass is 19.3. The van der Waals surface area contributed by atoms with E-state index in [9.17, 15) is 8.78 Å². The highest BCUT2D eigenvalue weighted by Crippen LogP contribution is 2.30. The second-order valence-corrected chi connectivity index (χ2v) is 7.11. The van der Waals surface area contributed by atoms with Crippen molar-refractivity contribution in [2.24, 2.45) is 0 Å². The van der Waals surface area contributed by atoms with E-state index >= 15 is 0 Å². The zero-order valence-corrected chi connectivity index (χ0v) is 17.6. The Kier molecular flexibility index (Phi) is 7.70. The molecule has 1 fully saturated rings. The Bertz CT molecular complexity index is 827. The van der Waals surface area contributed by atoms with Crippen molar-refractivity contribution in [3.05, 3.63) is 47.5 Å². The van der Waals surface area contributed by atoms with E-state index in [4.69, 9.17) is 14.2 Å². The monoisotopic (exact) mass is 422 g/mol. The van der Waals surface area contributed by atoms with Crippen LogP contribution in [0.5, 0.6) is 23.0 Å². The first kappa shape index (κ1) is 22.1. The van der Waals surface area contributed by atoms with Crippen molar-refractivity contribution < 1.29 is 27.7 Å². The third kappa shape index (κ3) is 5.73. The van der Waals surface area contributed by atoms with Crippen LogP contribution in [0.4, 0.5) is 8.78 Å². The van der Waals surface area contributed by atoms with Gasteiger partial charge < -0.3 is 18.9 Å². The van der Waals surface area contributed by atoms with Gasteiger partial charge in [0.1, 0.15) is 0 Å². The molecule has 0 N–H and O–H groups in total. The second-order valence-electron chi connectivity index (χ2n) is 7.11. The van der Waals surface area contributed by atoms with Crippen molar-refractivity contribution in [2.45, 2.75) is 19.7 Å². The van der Waals surface area contributed by atoms with Gasteiger partial charge in [0.15, 0.2) is 23.0 Å². The summed E-state index contributed by atoms with van der Waals surface area (Å²) in [5.74, 6) is 1.84.